The molecular weight excluding hydrogens is 264 g/mol. The first kappa shape index (κ1) is 11.1. The van der Waals surface area contributed by atoms with Crippen LogP contribution in [-0.2, 0) is 0 Å². The van der Waals surface area contributed by atoms with Crippen LogP contribution in [-0.4, -0.2) is 15.1 Å². The molecule has 0 saturated carbocycles. The van der Waals surface area contributed by atoms with Crippen molar-refractivity contribution in [1.29, 1.82) is 0 Å². The van der Waals surface area contributed by atoms with Gasteiger partial charge in [-0.1, -0.05) is 40.2 Å². The first-order valence-electron chi connectivity index (χ1n) is 5.14. The van der Waals surface area contributed by atoms with E-state index in [0.717, 1.165) is 16.6 Å². The number of allylic oxidation sites excluding steroid dienone is 1. The molecule has 0 bridgehead atoms. The van der Waals surface area contributed by atoms with Crippen LogP contribution in [0.2, 0.25) is 0 Å². The molecule has 2 aromatic rings. The molecule has 3 heteroatoms. The fraction of sp³-hybridized carbons (Fsp3) is 0.154. The highest BCUT2D eigenvalue weighted by Gasteiger charge is 1.98. The number of hydrogen-bond acceptors (Lipinski definition) is 1. The monoisotopic (exact) mass is 276 g/mol. The predicted molar refractivity (Wildman–Crippen MR) is 71.1 cm³/mol. The lowest BCUT2D eigenvalue weighted by Gasteiger charge is -2.01. The van der Waals surface area contributed by atoms with E-state index in [2.05, 4.69) is 52.2 Å². The molecule has 0 fully saturated rings. The van der Waals surface area contributed by atoms with E-state index in [4.69, 9.17) is 0 Å². The molecule has 0 aliphatic carbocycles. The van der Waals surface area contributed by atoms with E-state index >= 15 is 0 Å². The normalized spacial score (nSPS) is 11.1. The molecule has 1 heterocycles. The van der Waals surface area contributed by atoms with Gasteiger partial charge in [0.2, 0.25) is 0 Å². The Morgan fingerprint density at radius 1 is 1.44 bits per heavy atom. The van der Waals surface area contributed by atoms with Crippen LogP contribution in [0.5, 0.6) is 0 Å². The maximum atomic E-state index is 4.33. The first-order valence-corrected chi connectivity index (χ1v) is 6.26. The molecule has 16 heavy (non-hydrogen) atoms. The van der Waals surface area contributed by atoms with Crippen LogP contribution in [0.4, 0.5) is 0 Å². The van der Waals surface area contributed by atoms with Crippen LogP contribution < -0.4 is 0 Å². The Labute approximate surface area is 104 Å². The van der Waals surface area contributed by atoms with Crippen LogP contribution in [0.25, 0.3) is 11.8 Å². The molecule has 0 spiro atoms. The van der Waals surface area contributed by atoms with Gasteiger partial charge in [-0.3, -0.25) is 0 Å². The highest BCUT2D eigenvalue weighted by Crippen LogP contribution is 2.11. The number of aryl methyl sites for hydroxylation is 1. The molecule has 0 aliphatic heterocycles. The number of halogens is 1. The summed E-state index contributed by atoms with van der Waals surface area (Å²) in [6.07, 6.45) is 7.99. The van der Waals surface area contributed by atoms with Crippen molar-refractivity contribution in [1.82, 2.24) is 9.78 Å². The number of alkyl halides is 1. The average molecular weight is 277 g/mol. The molecule has 0 radical (unpaired) electrons. The molecule has 0 amide bonds. The van der Waals surface area contributed by atoms with E-state index in [-0.39, 0.29) is 0 Å². The summed E-state index contributed by atoms with van der Waals surface area (Å²) in [5.74, 6) is 0. The molecule has 1 aromatic heterocycles. The highest BCUT2D eigenvalue weighted by molar-refractivity contribution is 9.09. The summed E-state index contributed by atoms with van der Waals surface area (Å²) in [5.41, 5.74) is 3.45. The third kappa shape index (κ3) is 2.61. The lowest BCUT2D eigenvalue weighted by Crippen LogP contribution is -1.93. The summed E-state index contributed by atoms with van der Waals surface area (Å²) in [5, 5.41) is 5.19. The van der Waals surface area contributed by atoms with Crippen molar-refractivity contribution in [3.63, 3.8) is 0 Å². The molecule has 2 rings (SSSR count). The number of hydrogen-bond donors (Lipinski definition) is 0. The smallest absolute Gasteiger partial charge is 0.0648 e. The SMILES string of the molecule is Cc1cccc(-n2cc(C=CCBr)cn2)c1. The van der Waals surface area contributed by atoms with Crippen molar-refractivity contribution in [3.05, 3.63) is 53.9 Å². The predicted octanol–water partition coefficient (Wildman–Crippen LogP) is 3.59. The summed E-state index contributed by atoms with van der Waals surface area (Å²) in [6, 6.07) is 8.29. The van der Waals surface area contributed by atoms with Gasteiger partial charge in [0.1, 0.15) is 0 Å². The van der Waals surface area contributed by atoms with Gasteiger partial charge in [0.15, 0.2) is 0 Å². The van der Waals surface area contributed by atoms with Gasteiger partial charge < -0.3 is 0 Å². The standard InChI is InChI=1S/C13H13BrN2/c1-11-4-2-6-13(8-11)16-10-12(9-15-16)5-3-7-14/h2-6,8-10H,7H2,1H3. The van der Waals surface area contributed by atoms with E-state index in [9.17, 15) is 0 Å². The summed E-state index contributed by atoms with van der Waals surface area (Å²) < 4.78 is 1.89. The summed E-state index contributed by atoms with van der Waals surface area (Å²) in [7, 11) is 0. The zero-order valence-corrected chi connectivity index (χ0v) is 10.7. The first-order chi connectivity index (χ1) is 7.79. The lowest BCUT2D eigenvalue weighted by atomic mass is 10.2. The fourth-order valence-electron chi connectivity index (χ4n) is 1.52. The largest absolute Gasteiger partial charge is 0.240 e. The zero-order chi connectivity index (χ0) is 11.4. The van der Waals surface area contributed by atoms with Gasteiger partial charge in [0, 0.05) is 17.1 Å². The average Bonchev–Trinajstić information content (AvgIpc) is 2.75. The van der Waals surface area contributed by atoms with Crippen molar-refractivity contribution in [2.24, 2.45) is 0 Å². The van der Waals surface area contributed by atoms with E-state index in [1.807, 2.05) is 29.2 Å². The van der Waals surface area contributed by atoms with Gasteiger partial charge in [-0.2, -0.15) is 5.10 Å². The van der Waals surface area contributed by atoms with Gasteiger partial charge in [0.25, 0.3) is 0 Å². The van der Waals surface area contributed by atoms with Crippen LogP contribution in [0.15, 0.2) is 42.7 Å². The van der Waals surface area contributed by atoms with Gasteiger partial charge in [0.05, 0.1) is 11.9 Å². The minimum atomic E-state index is 0.864. The van der Waals surface area contributed by atoms with Gasteiger partial charge in [-0.25, -0.2) is 4.68 Å². The molecule has 2 nitrogen and oxygen atoms in total. The minimum Gasteiger partial charge on any atom is -0.240 e. The minimum absolute atomic E-state index is 0.864. The summed E-state index contributed by atoms with van der Waals surface area (Å²) in [6.45, 7) is 2.08. The third-order valence-corrected chi connectivity index (χ3v) is 2.64. The number of benzene rings is 1. The van der Waals surface area contributed by atoms with Crippen molar-refractivity contribution < 1.29 is 0 Å². The van der Waals surface area contributed by atoms with Crippen molar-refractivity contribution >= 4 is 22.0 Å². The number of nitrogens with zero attached hydrogens (tertiary/aromatic N) is 2. The number of rotatable bonds is 3. The van der Waals surface area contributed by atoms with Crippen LogP contribution in [0.3, 0.4) is 0 Å². The second-order valence-corrected chi connectivity index (χ2v) is 4.26. The third-order valence-electron chi connectivity index (χ3n) is 2.27. The van der Waals surface area contributed by atoms with E-state index in [1.54, 1.807) is 0 Å². The zero-order valence-electron chi connectivity index (χ0n) is 9.10. The quantitative estimate of drug-likeness (QED) is 0.784. The summed E-state index contributed by atoms with van der Waals surface area (Å²) in [4.78, 5) is 0. The Morgan fingerprint density at radius 3 is 3.06 bits per heavy atom. The Bertz CT molecular complexity index is 500. The number of aromatic nitrogens is 2. The van der Waals surface area contributed by atoms with Crippen LogP contribution in [0, 0.1) is 6.92 Å². The molecule has 0 unspecified atom stereocenters. The van der Waals surface area contributed by atoms with E-state index in [1.165, 1.54) is 5.56 Å². The molecule has 1 aromatic carbocycles. The molecule has 0 atom stereocenters. The van der Waals surface area contributed by atoms with Crippen molar-refractivity contribution in [3.8, 4) is 5.69 Å². The van der Waals surface area contributed by atoms with Gasteiger partial charge >= 0.3 is 0 Å². The Kier molecular flexibility index (Phi) is 3.57. The van der Waals surface area contributed by atoms with E-state index < -0.39 is 0 Å². The lowest BCUT2D eigenvalue weighted by molar-refractivity contribution is 0.879. The van der Waals surface area contributed by atoms with Crippen LogP contribution >= 0.6 is 15.9 Å². The maximum absolute atomic E-state index is 4.33. The molecule has 0 N–H and O–H groups in total. The Balaban J connectivity index is 2.28. The summed E-state index contributed by atoms with van der Waals surface area (Å²) >= 11 is 3.35. The highest BCUT2D eigenvalue weighted by atomic mass is 79.9. The molecule has 82 valence electrons. The van der Waals surface area contributed by atoms with Crippen molar-refractivity contribution in [2.75, 3.05) is 5.33 Å². The topological polar surface area (TPSA) is 17.8 Å². The fourth-order valence-corrected chi connectivity index (χ4v) is 1.70. The Morgan fingerprint density at radius 2 is 2.31 bits per heavy atom. The van der Waals surface area contributed by atoms with Crippen molar-refractivity contribution in [2.45, 2.75) is 6.92 Å². The van der Waals surface area contributed by atoms with Gasteiger partial charge in [-0.05, 0) is 24.6 Å². The van der Waals surface area contributed by atoms with Gasteiger partial charge in [-0.15, -0.1) is 0 Å². The second-order valence-electron chi connectivity index (χ2n) is 3.61. The maximum Gasteiger partial charge on any atom is 0.0648 e. The van der Waals surface area contributed by atoms with E-state index in [0.29, 0.717) is 0 Å². The van der Waals surface area contributed by atoms with Crippen LogP contribution in [0.1, 0.15) is 11.1 Å². The molecule has 0 aliphatic rings. The second kappa shape index (κ2) is 5.12. The Hall–Kier alpha value is -1.35. The molecular formula is C13H13BrN2. The molecule has 0 saturated heterocycles.